The Balaban J connectivity index is 1.87. The van der Waals surface area contributed by atoms with Crippen molar-refractivity contribution < 1.29 is 4.79 Å². The number of thioether (sulfide) groups is 1. The predicted molar refractivity (Wildman–Crippen MR) is 98.1 cm³/mol. The van der Waals surface area contributed by atoms with Crippen molar-refractivity contribution in [1.29, 1.82) is 5.26 Å². The Bertz CT molecular complexity index is 808. The molecule has 0 radical (unpaired) electrons. The number of carbonyl (C=O) groups is 1. The SMILES string of the molecule is CN1C(=C(C#N)C(=O)CSc2ccccc2)N(C)c2ccccc21. The summed E-state index contributed by atoms with van der Waals surface area (Å²) in [5.74, 6) is 0.722. The molecular weight excluding hydrogens is 318 g/mol. The normalized spacial score (nSPS) is 12.8. The van der Waals surface area contributed by atoms with Gasteiger partial charge in [0, 0.05) is 19.0 Å². The van der Waals surface area contributed by atoms with Crippen LogP contribution in [0.3, 0.4) is 0 Å². The number of nitrogens with zero attached hydrogens (tertiary/aromatic N) is 3. The highest BCUT2D eigenvalue weighted by Crippen LogP contribution is 2.40. The summed E-state index contributed by atoms with van der Waals surface area (Å²) < 4.78 is 0. The summed E-state index contributed by atoms with van der Waals surface area (Å²) in [6.45, 7) is 0. The maximum atomic E-state index is 12.6. The van der Waals surface area contributed by atoms with Crippen LogP contribution in [0, 0.1) is 11.3 Å². The Morgan fingerprint density at radius 3 is 2.08 bits per heavy atom. The van der Waals surface area contributed by atoms with Gasteiger partial charge in [-0.05, 0) is 24.3 Å². The number of benzene rings is 2. The quantitative estimate of drug-likeness (QED) is 0.485. The van der Waals surface area contributed by atoms with E-state index in [4.69, 9.17) is 0 Å². The zero-order valence-corrected chi connectivity index (χ0v) is 14.4. The Kier molecular flexibility index (Phi) is 4.59. The number of nitriles is 1. The molecule has 24 heavy (non-hydrogen) atoms. The van der Waals surface area contributed by atoms with E-state index in [-0.39, 0.29) is 17.1 Å². The molecule has 0 aromatic heterocycles. The Labute approximate surface area is 146 Å². The van der Waals surface area contributed by atoms with Crippen LogP contribution >= 0.6 is 11.8 Å². The molecule has 2 aromatic rings. The maximum absolute atomic E-state index is 12.6. The van der Waals surface area contributed by atoms with Crippen LogP contribution in [0.15, 0.2) is 70.9 Å². The summed E-state index contributed by atoms with van der Waals surface area (Å²) in [7, 11) is 3.76. The molecule has 5 heteroatoms. The fraction of sp³-hybridized carbons (Fsp3) is 0.158. The summed E-state index contributed by atoms with van der Waals surface area (Å²) in [6.07, 6.45) is 0. The molecule has 1 aliphatic rings. The van der Waals surface area contributed by atoms with Crippen LogP contribution in [0.1, 0.15) is 0 Å². The van der Waals surface area contributed by atoms with Crippen molar-refractivity contribution in [2.75, 3.05) is 29.6 Å². The van der Waals surface area contributed by atoms with Crippen LogP contribution in [-0.2, 0) is 4.79 Å². The van der Waals surface area contributed by atoms with E-state index >= 15 is 0 Å². The minimum absolute atomic E-state index is 0.159. The number of ketones is 1. The number of fused-ring (bicyclic) bond motifs is 1. The van der Waals surface area contributed by atoms with Crippen molar-refractivity contribution in [2.24, 2.45) is 0 Å². The fourth-order valence-corrected chi connectivity index (χ4v) is 3.59. The Morgan fingerprint density at radius 2 is 1.54 bits per heavy atom. The largest absolute Gasteiger partial charge is 0.328 e. The summed E-state index contributed by atoms with van der Waals surface area (Å²) in [5.41, 5.74) is 2.18. The lowest BCUT2D eigenvalue weighted by molar-refractivity contribution is -0.112. The topological polar surface area (TPSA) is 47.3 Å². The molecule has 0 unspecified atom stereocenters. The molecule has 0 saturated heterocycles. The van der Waals surface area contributed by atoms with Gasteiger partial charge in [0.1, 0.15) is 17.5 Å². The van der Waals surface area contributed by atoms with Gasteiger partial charge in [-0.1, -0.05) is 30.3 Å². The zero-order chi connectivity index (χ0) is 17.1. The fourth-order valence-electron chi connectivity index (χ4n) is 2.79. The molecular formula is C19H17N3OS. The first-order valence-electron chi connectivity index (χ1n) is 7.55. The average molecular weight is 335 g/mol. The van der Waals surface area contributed by atoms with Gasteiger partial charge in [-0.15, -0.1) is 11.8 Å². The molecule has 0 spiro atoms. The Morgan fingerprint density at radius 1 is 1.00 bits per heavy atom. The van der Waals surface area contributed by atoms with Crippen LogP contribution in [0.25, 0.3) is 0 Å². The van der Waals surface area contributed by atoms with E-state index in [0.29, 0.717) is 5.82 Å². The lowest BCUT2D eigenvalue weighted by Crippen LogP contribution is -2.26. The number of anilines is 2. The highest BCUT2D eigenvalue weighted by molar-refractivity contribution is 8.00. The zero-order valence-electron chi connectivity index (χ0n) is 13.6. The smallest absolute Gasteiger partial charge is 0.187 e. The number of allylic oxidation sites excluding steroid dienone is 1. The number of Topliss-reactive ketones (excluding diaryl/α,β-unsaturated/α-hetero) is 1. The first-order valence-corrected chi connectivity index (χ1v) is 8.54. The summed E-state index contributed by atoms with van der Waals surface area (Å²) in [6, 6.07) is 19.7. The molecule has 0 bridgehead atoms. The van der Waals surface area contributed by atoms with Gasteiger partial charge in [-0.3, -0.25) is 4.79 Å². The summed E-state index contributed by atoms with van der Waals surface area (Å²) in [5, 5.41) is 9.58. The van der Waals surface area contributed by atoms with Gasteiger partial charge in [0.05, 0.1) is 17.1 Å². The second kappa shape index (κ2) is 6.81. The number of hydrogen-bond donors (Lipinski definition) is 0. The minimum atomic E-state index is -0.159. The molecule has 120 valence electrons. The van der Waals surface area contributed by atoms with Crippen LogP contribution in [0.2, 0.25) is 0 Å². The number of rotatable bonds is 4. The van der Waals surface area contributed by atoms with E-state index < -0.39 is 0 Å². The van der Waals surface area contributed by atoms with Gasteiger partial charge < -0.3 is 9.80 Å². The van der Waals surface area contributed by atoms with Crippen molar-refractivity contribution in [2.45, 2.75) is 4.90 Å². The van der Waals surface area contributed by atoms with Crippen LogP contribution in [0.5, 0.6) is 0 Å². The van der Waals surface area contributed by atoms with Gasteiger partial charge in [-0.2, -0.15) is 5.26 Å². The van der Waals surface area contributed by atoms with Crippen molar-refractivity contribution in [3.05, 3.63) is 66.0 Å². The predicted octanol–water partition coefficient (Wildman–Crippen LogP) is 3.67. The van der Waals surface area contributed by atoms with E-state index in [0.717, 1.165) is 16.3 Å². The standard InChI is InChI=1S/C19H17N3OS/c1-21-16-10-6-7-11-17(16)22(2)19(21)15(12-20)18(23)13-24-14-8-4-3-5-9-14/h3-11H,13H2,1-2H3. The van der Waals surface area contributed by atoms with Crippen LogP contribution in [-0.4, -0.2) is 25.6 Å². The summed E-state index contributed by atoms with van der Waals surface area (Å²) in [4.78, 5) is 17.4. The van der Waals surface area contributed by atoms with E-state index in [9.17, 15) is 10.1 Å². The van der Waals surface area contributed by atoms with Crippen molar-refractivity contribution in [3.8, 4) is 6.07 Å². The van der Waals surface area contributed by atoms with E-state index in [1.807, 2.05) is 78.5 Å². The number of carbonyl (C=O) groups excluding carboxylic acids is 1. The molecule has 1 aliphatic heterocycles. The lowest BCUT2D eigenvalue weighted by Gasteiger charge is -2.19. The monoisotopic (exact) mass is 335 g/mol. The second-order valence-corrected chi connectivity index (χ2v) is 6.49. The second-order valence-electron chi connectivity index (χ2n) is 5.44. The van der Waals surface area contributed by atoms with E-state index in [1.165, 1.54) is 11.8 Å². The minimum Gasteiger partial charge on any atom is -0.328 e. The maximum Gasteiger partial charge on any atom is 0.187 e. The third-order valence-corrected chi connectivity index (χ3v) is 4.98. The third kappa shape index (κ3) is 2.89. The highest BCUT2D eigenvalue weighted by Gasteiger charge is 2.31. The van der Waals surface area contributed by atoms with Crippen LogP contribution < -0.4 is 9.80 Å². The molecule has 0 amide bonds. The molecule has 0 atom stereocenters. The van der Waals surface area contributed by atoms with Crippen molar-refractivity contribution >= 4 is 28.9 Å². The molecule has 3 rings (SSSR count). The van der Waals surface area contributed by atoms with E-state index in [2.05, 4.69) is 6.07 Å². The van der Waals surface area contributed by atoms with Crippen molar-refractivity contribution in [1.82, 2.24) is 0 Å². The van der Waals surface area contributed by atoms with Gasteiger partial charge in [0.15, 0.2) is 5.78 Å². The first-order chi connectivity index (χ1) is 11.6. The molecule has 1 heterocycles. The molecule has 2 aromatic carbocycles. The summed E-state index contributed by atoms with van der Waals surface area (Å²) >= 11 is 1.45. The lowest BCUT2D eigenvalue weighted by atomic mass is 10.2. The molecule has 4 nitrogen and oxygen atoms in total. The highest BCUT2D eigenvalue weighted by atomic mass is 32.2. The number of para-hydroxylation sites is 2. The molecule has 0 saturated carbocycles. The number of hydrogen-bond acceptors (Lipinski definition) is 5. The Hall–Kier alpha value is -2.71. The van der Waals surface area contributed by atoms with Gasteiger partial charge in [0.25, 0.3) is 0 Å². The van der Waals surface area contributed by atoms with Crippen molar-refractivity contribution in [3.63, 3.8) is 0 Å². The van der Waals surface area contributed by atoms with E-state index in [1.54, 1.807) is 0 Å². The van der Waals surface area contributed by atoms with Gasteiger partial charge in [-0.25, -0.2) is 0 Å². The molecule has 0 N–H and O–H groups in total. The molecule has 0 fully saturated rings. The van der Waals surface area contributed by atoms with Gasteiger partial charge >= 0.3 is 0 Å². The van der Waals surface area contributed by atoms with Crippen LogP contribution in [0.4, 0.5) is 11.4 Å². The third-order valence-electron chi connectivity index (χ3n) is 3.97. The first kappa shape index (κ1) is 16.2. The average Bonchev–Trinajstić information content (AvgIpc) is 2.87. The molecule has 0 aliphatic carbocycles. The van der Waals surface area contributed by atoms with Gasteiger partial charge in [0.2, 0.25) is 0 Å².